The number of fused-ring (bicyclic) bond motifs is 3. The zero-order valence-corrected chi connectivity index (χ0v) is 77.7. The third kappa shape index (κ3) is 30.8. The standard InChI is InChI=1S/C90H124F2N24O18S/c1-11-13-30-68-81(127)105-60(29-22-32-98-89(95)96)78(124)110-67(77(123)101-43-72(94)119)45-135-46-74(121)104-64(34-52-23-16-15-17-24-52)85(131)113(8)50(5)76(122)107-66(38-71(93)118)87(133)116-47-90(91,92)39-70(116)82(128)106-62(37-55-42-97-48-102-55)79(125)108-63(33-49(3)4)84(130)112(7)44-73(120)103-61(35-53-40-99-58-27-20-18-25-56(53)58)80(126)111-75(51(6)117)83(129)109-65(36-54-41-100-59-28-21-19-26-57(54)59)86(132)115(10)69(31-14-12-2)88(134)114(68)9/h15-21,23-28,40-42,48-50,60-70,75,99-100,117H,6,11-14,22,29-39,43-47H2,1-5,7-10H3,(H2,93,118)(H2,94,119)(H,97,102)(H,101,123)(H,103,120)(H,104,121)(H,105,127)(H,106,128)(H,107,122)(H,108,125)(H,109,129)(H,110,124)(H,111,126)(H4,95,96,98)/t50-,60-,61-,62-,63-,64-,65-,66-,67?,68-,69-,70-,75-/m0/s1. The van der Waals surface area contributed by atoms with Gasteiger partial charge in [0.15, 0.2) is 12.0 Å². The second-order valence-electron chi connectivity index (χ2n) is 34.2. The smallest absolute Gasteiger partial charge is 0.267 e. The molecule has 2 saturated heterocycles. The van der Waals surface area contributed by atoms with Crippen molar-refractivity contribution in [2.45, 2.75) is 215 Å². The number of carbonyl (C=O) groups excluding carboxylic acids is 17. The van der Waals surface area contributed by atoms with E-state index in [-0.39, 0.29) is 63.6 Å². The van der Waals surface area contributed by atoms with Gasteiger partial charge in [-0.25, -0.2) is 13.8 Å². The monoisotopic (exact) mass is 1900 g/mol. The number of thioether (sulfide) groups is 1. The van der Waals surface area contributed by atoms with Crippen molar-refractivity contribution in [1.82, 2.24) is 103 Å². The number of carbonyl (C=O) groups is 17. The fourth-order valence-electron chi connectivity index (χ4n) is 15.8. The number of imidazole rings is 1. The maximum atomic E-state index is 16.0. The molecule has 0 spiro atoms. The third-order valence-corrected chi connectivity index (χ3v) is 24.3. The molecule has 0 aliphatic carbocycles. The summed E-state index contributed by atoms with van der Waals surface area (Å²) in [6.07, 6.45) is 3.07. The number of aromatic nitrogens is 4. The van der Waals surface area contributed by atoms with Gasteiger partial charge in [-0.1, -0.05) is 127 Å². The molecule has 22 N–H and O–H groups in total. The average Bonchev–Trinajstić information content (AvgIpc) is 1.71. The van der Waals surface area contributed by atoms with Gasteiger partial charge < -0.3 is 120 Å². The number of rotatable bonds is 26. The van der Waals surface area contributed by atoms with Crippen LogP contribution >= 0.6 is 11.8 Å². The Morgan fingerprint density at radius 2 is 1.11 bits per heavy atom. The predicted molar refractivity (Wildman–Crippen MR) is 495 cm³/mol. The van der Waals surface area contributed by atoms with Crippen LogP contribution in [0.3, 0.4) is 0 Å². The molecule has 2 fully saturated rings. The van der Waals surface area contributed by atoms with E-state index in [9.17, 15) is 62.6 Å². The summed E-state index contributed by atoms with van der Waals surface area (Å²) in [5.74, 6) is -24.6. The van der Waals surface area contributed by atoms with Gasteiger partial charge in [-0.3, -0.25) is 86.9 Å². The van der Waals surface area contributed by atoms with Crippen molar-refractivity contribution >= 4 is 140 Å². The number of H-pyrrole nitrogens is 3. The highest BCUT2D eigenvalue weighted by Gasteiger charge is 2.53. The van der Waals surface area contributed by atoms with E-state index in [1.165, 1.54) is 40.6 Å². The number of aliphatic hydroxyl groups is 1. The summed E-state index contributed by atoms with van der Waals surface area (Å²) in [7, 11) is 5.01. The van der Waals surface area contributed by atoms with Crippen LogP contribution in [0.25, 0.3) is 21.8 Å². The Balaban J connectivity index is 1.20. The molecule has 42 nitrogen and oxygen atoms in total. The van der Waals surface area contributed by atoms with Crippen LogP contribution in [-0.2, 0) is 107 Å². The Morgan fingerprint density at radius 3 is 1.70 bits per heavy atom. The van der Waals surface area contributed by atoms with Gasteiger partial charge in [-0.15, -0.1) is 11.8 Å². The number of nitrogens with one attached hydrogen (secondary N) is 15. The van der Waals surface area contributed by atoms with E-state index >= 15 is 32.8 Å². The molecule has 1 unspecified atom stereocenters. The van der Waals surface area contributed by atoms with Crippen molar-refractivity contribution in [3.05, 3.63) is 139 Å². The average molecular weight is 1900 g/mol. The molecule has 732 valence electrons. The van der Waals surface area contributed by atoms with Gasteiger partial charge in [0.2, 0.25) is 94.5 Å². The summed E-state index contributed by atoms with van der Waals surface area (Å²) in [5, 5.41) is 48.6. The van der Waals surface area contributed by atoms with Crippen molar-refractivity contribution in [2.75, 3.05) is 65.9 Å². The SMILES string of the molecule is C=C(O)[C@@H]1NC(=O)[C@H](Cc2c[nH]c3ccccc23)NC(=O)CN(C)C(=O)[C@H](CC(C)C)NC(=O)[C@H](Cc2cnc[nH]2)NC(=O)[C@@H]2CC(F)(F)CN2C(=O)[C@H](CC(N)=O)NC(=O)[C@H](C)N(C)C(=O)[C@H](Cc2ccccc2)NC(=O)CSCC(C(=O)NCC(N)=O)NC(=O)[C@H](CCCNC(=N)N)NC(=O)[C@H](CCCC)N(C)C(=O)[C@H](CCCC)N(C)C(=O)[C@H](Cc2c[nH]c3ccccc23)NC1=O. The molecular weight excluding hydrogens is 1780 g/mol. The van der Waals surface area contributed by atoms with Gasteiger partial charge in [0.05, 0.1) is 38.1 Å². The Bertz CT molecular complexity index is 5250. The number of benzene rings is 3. The molecule has 0 bridgehead atoms. The Hall–Kier alpha value is -14.0. The minimum Gasteiger partial charge on any atom is -0.510 e. The molecule has 3 aromatic heterocycles. The van der Waals surface area contributed by atoms with Gasteiger partial charge in [-0.05, 0) is 73.8 Å². The molecule has 6 aromatic rings. The molecule has 8 rings (SSSR count). The van der Waals surface area contributed by atoms with Crippen LogP contribution in [0.2, 0.25) is 0 Å². The summed E-state index contributed by atoms with van der Waals surface area (Å²) in [5.41, 5.74) is 19.5. The Morgan fingerprint density at radius 1 is 0.570 bits per heavy atom. The van der Waals surface area contributed by atoms with Crippen LogP contribution in [0.5, 0.6) is 0 Å². The topological polar surface area (TPSA) is 621 Å². The molecule has 13 atom stereocenters. The van der Waals surface area contributed by atoms with Crippen molar-refractivity contribution in [2.24, 2.45) is 23.1 Å². The lowest BCUT2D eigenvalue weighted by Crippen LogP contribution is -2.61. The van der Waals surface area contributed by atoms with Gasteiger partial charge in [0.25, 0.3) is 11.8 Å². The summed E-state index contributed by atoms with van der Waals surface area (Å²) >= 11 is 0.745. The summed E-state index contributed by atoms with van der Waals surface area (Å²) in [6, 6.07) is -0.0514. The van der Waals surface area contributed by atoms with Crippen molar-refractivity contribution in [3.8, 4) is 0 Å². The minimum atomic E-state index is -3.85. The number of likely N-dealkylation sites (N-methyl/N-ethyl adjacent to an activating group) is 4. The van der Waals surface area contributed by atoms with E-state index in [1.54, 1.807) is 105 Å². The maximum absolute atomic E-state index is 16.0. The maximum Gasteiger partial charge on any atom is 0.267 e. The summed E-state index contributed by atoms with van der Waals surface area (Å²) in [4.78, 5) is 266. The molecule has 3 aromatic carbocycles. The number of nitrogens with two attached hydrogens (primary N) is 3. The quantitative estimate of drug-likeness (QED) is 0.0137. The Kier molecular flexibility index (Phi) is 39.5. The van der Waals surface area contributed by atoms with Crippen molar-refractivity contribution in [3.63, 3.8) is 0 Å². The molecule has 0 radical (unpaired) electrons. The zero-order valence-electron chi connectivity index (χ0n) is 76.9. The molecule has 2 aliphatic rings. The molecule has 45 heteroatoms. The highest BCUT2D eigenvalue weighted by atomic mass is 32.2. The molecule has 135 heavy (non-hydrogen) atoms. The number of aliphatic hydroxyl groups excluding tert-OH is 1. The van der Waals surface area contributed by atoms with Gasteiger partial charge in [-0.2, -0.15) is 0 Å². The molecule has 0 saturated carbocycles. The van der Waals surface area contributed by atoms with Crippen molar-refractivity contribution < 1.29 is 95.4 Å². The van der Waals surface area contributed by atoms with E-state index in [1.807, 2.05) is 13.8 Å². The summed E-state index contributed by atoms with van der Waals surface area (Å²) in [6.45, 7) is 8.77. The largest absolute Gasteiger partial charge is 0.510 e. The fraction of sp³-hybridized carbons (Fsp3) is 0.500. The molecule has 17 amide bonds. The lowest BCUT2D eigenvalue weighted by Gasteiger charge is -2.36. The van der Waals surface area contributed by atoms with Gasteiger partial charge in [0.1, 0.15) is 78.3 Å². The number of para-hydroxylation sites is 2. The van der Waals surface area contributed by atoms with E-state index in [4.69, 9.17) is 22.6 Å². The van der Waals surface area contributed by atoms with E-state index in [2.05, 4.69) is 85.0 Å². The zero-order chi connectivity index (χ0) is 99.2. The number of hydrogen-bond donors (Lipinski definition) is 19. The number of halogens is 2. The molecule has 2 aliphatic heterocycles. The van der Waals surface area contributed by atoms with Crippen LogP contribution in [0.15, 0.2) is 116 Å². The van der Waals surface area contributed by atoms with E-state index in [0.29, 0.717) is 69.1 Å². The van der Waals surface area contributed by atoms with Gasteiger partial charge >= 0.3 is 0 Å². The first kappa shape index (κ1) is 106. The van der Waals surface area contributed by atoms with Crippen LogP contribution < -0.4 is 75.7 Å². The first-order chi connectivity index (χ1) is 64.0. The number of alkyl halides is 2. The highest BCUT2D eigenvalue weighted by Crippen LogP contribution is 2.34. The first-order valence-corrected chi connectivity index (χ1v) is 45.6. The number of amides is 17. The number of primary amides is 2. The van der Waals surface area contributed by atoms with Crippen LogP contribution in [0.1, 0.15) is 128 Å². The number of guanidine groups is 1. The highest BCUT2D eigenvalue weighted by molar-refractivity contribution is 8.00. The molecule has 5 heterocycles. The van der Waals surface area contributed by atoms with Crippen LogP contribution in [0, 0.1) is 11.3 Å². The van der Waals surface area contributed by atoms with E-state index < -0.39 is 253 Å². The van der Waals surface area contributed by atoms with Gasteiger partial charge in [0, 0.05) is 119 Å². The second kappa shape index (κ2) is 50.2. The molecular formula is C90H124F2N24O18S. The third-order valence-electron chi connectivity index (χ3n) is 23.2. The number of nitrogens with zero attached hydrogens (tertiary/aromatic N) is 6. The van der Waals surface area contributed by atoms with E-state index in [0.717, 1.165) is 38.4 Å². The lowest BCUT2D eigenvalue weighted by molar-refractivity contribution is -0.149. The predicted octanol–water partition coefficient (Wildman–Crippen LogP) is -0.813. The summed E-state index contributed by atoms with van der Waals surface area (Å²) < 4.78 is 32.0. The lowest BCUT2D eigenvalue weighted by atomic mass is 10.00. The van der Waals surface area contributed by atoms with Crippen LogP contribution in [0.4, 0.5) is 8.78 Å². The first-order valence-electron chi connectivity index (χ1n) is 44.4. The van der Waals surface area contributed by atoms with Crippen molar-refractivity contribution in [1.29, 1.82) is 5.41 Å². The van der Waals surface area contributed by atoms with Crippen LogP contribution in [-0.4, -0.2) is 306 Å². The number of unbranched alkanes of at least 4 members (excludes halogenated alkanes) is 2. The fourth-order valence-corrected chi connectivity index (χ4v) is 16.7. The minimum absolute atomic E-state index is 0.0216. The second-order valence-corrected chi connectivity index (χ2v) is 35.2. The number of aromatic amines is 3. The Labute approximate surface area is 782 Å². The normalized spacial score (nSPS) is 23.6. The number of hydrogen-bond acceptors (Lipinski definition) is 21.